The topological polar surface area (TPSA) is 52.2 Å². The number of H-pyrrole nitrogens is 1. The highest BCUT2D eigenvalue weighted by Gasteiger charge is 2.45. The molecule has 0 bridgehead atoms. The molecule has 0 saturated carbocycles. The van der Waals surface area contributed by atoms with E-state index >= 15 is 0 Å². The van der Waals surface area contributed by atoms with Crippen molar-refractivity contribution in [3.63, 3.8) is 0 Å². The molecule has 1 aromatic heterocycles. The van der Waals surface area contributed by atoms with Crippen molar-refractivity contribution in [3.8, 4) is 0 Å². The molecule has 6 heteroatoms. The second-order valence-corrected chi connectivity index (χ2v) is 8.06. The minimum Gasteiger partial charge on any atom is -0.314 e. The molecular formula is C23H23FN4O. The number of amides is 1. The normalized spacial score (nSPS) is 18.7. The molecule has 2 aromatic carbocycles. The van der Waals surface area contributed by atoms with Gasteiger partial charge in [0.05, 0.1) is 11.7 Å². The van der Waals surface area contributed by atoms with E-state index in [1.165, 1.54) is 17.7 Å². The third kappa shape index (κ3) is 3.13. The maximum atomic E-state index is 13.0. The van der Waals surface area contributed by atoms with Crippen molar-refractivity contribution in [2.45, 2.75) is 18.3 Å². The Balaban J connectivity index is 1.32. The molecule has 3 aromatic rings. The molecule has 1 fully saturated rings. The largest absolute Gasteiger partial charge is 0.314 e. The quantitative estimate of drug-likeness (QED) is 0.691. The van der Waals surface area contributed by atoms with Gasteiger partial charge in [-0.3, -0.25) is 14.8 Å². The van der Waals surface area contributed by atoms with Crippen LogP contribution >= 0.6 is 0 Å². The lowest BCUT2D eigenvalue weighted by Gasteiger charge is -2.39. The van der Waals surface area contributed by atoms with Gasteiger partial charge in [0.15, 0.2) is 0 Å². The van der Waals surface area contributed by atoms with Crippen molar-refractivity contribution in [3.05, 3.63) is 65.6 Å². The number of hydrogen-bond acceptors (Lipinski definition) is 3. The summed E-state index contributed by atoms with van der Waals surface area (Å²) in [5.74, 6) is -0.212. The minimum atomic E-state index is -0.212. The van der Waals surface area contributed by atoms with E-state index in [2.05, 4.69) is 21.2 Å². The summed E-state index contributed by atoms with van der Waals surface area (Å²) in [5, 5.41) is 8.42. The number of piperidine rings is 1. The maximum Gasteiger partial charge on any atom is 0.214 e. The van der Waals surface area contributed by atoms with Gasteiger partial charge in [-0.15, -0.1) is 0 Å². The average Bonchev–Trinajstić information content (AvgIpc) is 3.34. The number of rotatable bonds is 4. The number of halogens is 1. The lowest BCUT2D eigenvalue weighted by molar-refractivity contribution is -0.107. The van der Waals surface area contributed by atoms with E-state index in [1.807, 2.05) is 29.3 Å². The van der Waals surface area contributed by atoms with Crippen LogP contribution in [-0.4, -0.2) is 47.7 Å². The Bertz CT molecular complexity index is 1060. The van der Waals surface area contributed by atoms with Gasteiger partial charge in [0.25, 0.3) is 0 Å². The highest BCUT2D eigenvalue weighted by molar-refractivity contribution is 5.94. The molecular weight excluding hydrogens is 367 g/mol. The van der Waals surface area contributed by atoms with Gasteiger partial charge in [-0.25, -0.2) is 4.39 Å². The standard InChI is InChI=1S/C23H23FN4O/c24-18-5-3-17(4-6-18)2-1-11-27-12-9-23(10-13-27)15-28(16-29)21-8-7-20-19(22(21)23)14-25-26-20/h1-8,14,16H,9-13,15H2,(H,25,26)/b2-1+. The zero-order valence-corrected chi connectivity index (χ0v) is 16.1. The van der Waals surface area contributed by atoms with Crippen LogP contribution in [0.4, 0.5) is 10.1 Å². The molecule has 148 valence electrons. The number of carbonyl (C=O) groups excluding carboxylic acids is 1. The fourth-order valence-electron chi connectivity index (χ4n) is 4.87. The van der Waals surface area contributed by atoms with Crippen LogP contribution < -0.4 is 4.90 Å². The number of benzene rings is 2. The van der Waals surface area contributed by atoms with E-state index in [9.17, 15) is 9.18 Å². The first-order valence-electron chi connectivity index (χ1n) is 10.0. The molecule has 1 amide bonds. The van der Waals surface area contributed by atoms with E-state index in [-0.39, 0.29) is 11.2 Å². The van der Waals surface area contributed by atoms with E-state index in [0.29, 0.717) is 0 Å². The van der Waals surface area contributed by atoms with Crippen molar-refractivity contribution in [1.82, 2.24) is 15.1 Å². The van der Waals surface area contributed by atoms with Crippen LogP contribution in [0.1, 0.15) is 24.0 Å². The van der Waals surface area contributed by atoms with Crippen molar-refractivity contribution in [2.75, 3.05) is 31.1 Å². The maximum absolute atomic E-state index is 13.0. The number of nitrogens with one attached hydrogen (secondary N) is 1. The summed E-state index contributed by atoms with van der Waals surface area (Å²) >= 11 is 0. The predicted molar refractivity (Wildman–Crippen MR) is 112 cm³/mol. The number of aromatic nitrogens is 2. The molecule has 2 aliphatic rings. The zero-order valence-electron chi connectivity index (χ0n) is 16.1. The number of aromatic amines is 1. The van der Waals surface area contributed by atoms with Crippen LogP contribution in [0.3, 0.4) is 0 Å². The SMILES string of the molecule is O=CN1CC2(CCN(C/C=C/c3ccc(F)cc3)CC2)c2c1ccc1[nH]ncc21. The predicted octanol–water partition coefficient (Wildman–Crippen LogP) is 3.73. The molecule has 1 N–H and O–H groups in total. The Labute approximate surface area is 168 Å². The van der Waals surface area contributed by atoms with Gasteiger partial charge in [-0.2, -0.15) is 5.10 Å². The van der Waals surface area contributed by atoms with E-state index in [0.717, 1.165) is 67.6 Å². The van der Waals surface area contributed by atoms with Gasteiger partial charge in [-0.1, -0.05) is 24.3 Å². The van der Waals surface area contributed by atoms with Gasteiger partial charge in [0.1, 0.15) is 5.82 Å². The van der Waals surface area contributed by atoms with E-state index in [4.69, 9.17) is 0 Å². The molecule has 1 spiro atoms. The third-order valence-corrected chi connectivity index (χ3v) is 6.40. The first kappa shape index (κ1) is 18.1. The molecule has 0 aliphatic carbocycles. The molecule has 3 heterocycles. The smallest absolute Gasteiger partial charge is 0.214 e. The molecule has 0 unspecified atom stereocenters. The van der Waals surface area contributed by atoms with Crippen LogP contribution in [0.2, 0.25) is 0 Å². The van der Waals surface area contributed by atoms with Crippen molar-refractivity contribution in [2.24, 2.45) is 0 Å². The zero-order chi connectivity index (χ0) is 19.8. The lowest BCUT2D eigenvalue weighted by atomic mass is 9.73. The summed E-state index contributed by atoms with van der Waals surface area (Å²) in [7, 11) is 0. The first-order chi connectivity index (χ1) is 14.2. The minimum absolute atomic E-state index is 0.00318. The monoisotopic (exact) mass is 390 g/mol. The van der Waals surface area contributed by atoms with Gasteiger partial charge in [0.2, 0.25) is 6.41 Å². The van der Waals surface area contributed by atoms with Gasteiger partial charge >= 0.3 is 0 Å². The van der Waals surface area contributed by atoms with Crippen LogP contribution in [-0.2, 0) is 10.2 Å². The van der Waals surface area contributed by atoms with Gasteiger partial charge in [0, 0.05) is 29.6 Å². The van der Waals surface area contributed by atoms with Crippen LogP contribution in [0.5, 0.6) is 0 Å². The summed E-state index contributed by atoms with van der Waals surface area (Å²) in [6, 6.07) is 10.6. The van der Waals surface area contributed by atoms with Crippen molar-refractivity contribution >= 4 is 29.1 Å². The van der Waals surface area contributed by atoms with E-state index in [1.54, 1.807) is 12.1 Å². The molecule has 0 radical (unpaired) electrons. The Morgan fingerprint density at radius 3 is 2.69 bits per heavy atom. The fourth-order valence-corrected chi connectivity index (χ4v) is 4.87. The molecule has 2 aliphatic heterocycles. The Kier molecular flexibility index (Phi) is 4.43. The summed E-state index contributed by atoms with van der Waals surface area (Å²) < 4.78 is 13.0. The summed E-state index contributed by atoms with van der Waals surface area (Å²) in [4.78, 5) is 16.0. The van der Waals surface area contributed by atoms with Gasteiger partial charge < -0.3 is 4.90 Å². The number of anilines is 1. The number of nitrogens with zero attached hydrogens (tertiary/aromatic N) is 3. The fraction of sp³-hybridized carbons (Fsp3) is 0.304. The van der Waals surface area contributed by atoms with Crippen molar-refractivity contribution in [1.29, 1.82) is 0 Å². The Morgan fingerprint density at radius 2 is 1.93 bits per heavy atom. The summed E-state index contributed by atoms with van der Waals surface area (Å²) in [5.41, 5.74) is 4.33. The first-order valence-corrected chi connectivity index (χ1v) is 10.0. The Hall–Kier alpha value is -2.99. The number of fused-ring (bicyclic) bond motifs is 4. The van der Waals surface area contributed by atoms with Gasteiger partial charge in [-0.05, 0) is 61.3 Å². The van der Waals surface area contributed by atoms with E-state index < -0.39 is 0 Å². The number of carbonyl (C=O) groups is 1. The van der Waals surface area contributed by atoms with Crippen LogP contribution in [0.25, 0.3) is 17.0 Å². The molecule has 0 atom stereocenters. The molecule has 29 heavy (non-hydrogen) atoms. The Morgan fingerprint density at radius 1 is 1.14 bits per heavy atom. The van der Waals surface area contributed by atoms with Crippen LogP contribution in [0.15, 0.2) is 48.7 Å². The average molecular weight is 390 g/mol. The van der Waals surface area contributed by atoms with Crippen LogP contribution in [0, 0.1) is 5.82 Å². The molecule has 1 saturated heterocycles. The highest BCUT2D eigenvalue weighted by atomic mass is 19.1. The summed E-state index contributed by atoms with van der Waals surface area (Å²) in [6.45, 7) is 3.57. The lowest BCUT2D eigenvalue weighted by Crippen LogP contribution is -2.45. The number of likely N-dealkylation sites (tertiary alicyclic amines) is 1. The van der Waals surface area contributed by atoms with Crippen molar-refractivity contribution < 1.29 is 9.18 Å². The third-order valence-electron chi connectivity index (χ3n) is 6.40. The highest BCUT2D eigenvalue weighted by Crippen LogP contribution is 2.49. The summed E-state index contributed by atoms with van der Waals surface area (Å²) in [6.07, 6.45) is 9.05. The number of hydrogen-bond donors (Lipinski definition) is 1. The molecule has 5 rings (SSSR count). The molecule has 5 nitrogen and oxygen atoms in total. The second kappa shape index (κ2) is 7.12. The second-order valence-electron chi connectivity index (χ2n) is 8.06.